The van der Waals surface area contributed by atoms with Crippen molar-refractivity contribution in [2.24, 2.45) is 0 Å². The molecule has 1 aliphatic heterocycles. The first-order chi connectivity index (χ1) is 12.7. The lowest BCUT2D eigenvalue weighted by atomic mass is 10.0. The maximum atomic E-state index is 5.74. The van der Waals surface area contributed by atoms with E-state index in [1.165, 1.54) is 10.4 Å². The van der Waals surface area contributed by atoms with Crippen molar-refractivity contribution in [2.45, 2.75) is 32.6 Å². The highest BCUT2D eigenvalue weighted by Crippen LogP contribution is 2.33. The standard InChI is InChI=1S/C20H22N4S2/c1-3-11-23-19(16-7-5-4-6-8-16)21-24(20(23)25)14-22-12-9-18-17(15(22)2)10-13-26-18/h3-8,10,13,15H,1,9,11-12,14H2,2H3/t15-/m0/s1. The van der Waals surface area contributed by atoms with Gasteiger partial charge in [0.15, 0.2) is 10.6 Å². The van der Waals surface area contributed by atoms with Crippen LogP contribution in [0.1, 0.15) is 23.4 Å². The van der Waals surface area contributed by atoms with Crippen LogP contribution in [-0.2, 0) is 19.6 Å². The number of fused-ring (bicyclic) bond motifs is 1. The summed E-state index contributed by atoms with van der Waals surface area (Å²) < 4.78 is 4.75. The molecule has 0 radical (unpaired) electrons. The Morgan fingerprint density at radius 2 is 2.12 bits per heavy atom. The molecule has 134 valence electrons. The van der Waals surface area contributed by atoms with Gasteiger partial charge in [-0.15, -0.1) is 17.9 Å². The predicted octanol–water partition coefficient (Wildman–Crippen LogP) is 4.91. The first kappa shape index (κ1) is 17.4. The number of benzene rings is 1. The molecule has 0 saturated carbocycles. The average Bonchev–Trinajstić information content (AvgIpc) is 3.26. The largest absolute Gasteiger partial charge is 0.296 e. The van der Waals surface area contributed by atoms with Gasteiger partial charge in [0.25, 0.3) is 0 Å². The fraction of sp³-hybridized carbons (Fsp3) is 0.300. The molecule has 2 aromatic heterocycles. The summed E-state index contributed by atoms with van der Waals surface area (Å²) >= 11 is 7.60. The van der Waals surface area contributed by atoms with Gasteiger partial charge in [-0.25, -0.2) is 4.68 Å². The summed E-state index contributed by atoms with van der Waals surface area (Å²) in [6.07, 6.45) is 2.97. The van der Waals surface area contributed by atoms with E-state index in [0.717, 1.165) is 29.1 Å². The fourth-order valence-corrected chi connectivity index (χ4v) is 4.78. The van der Waals surface area contributed by atoms with Gasteiger partial charge in [0.2, 0.25) is 0 Å². The molecule has 3 aromatic rings. The summed E-state index contributed by atoms with van der Waals surface area (Å²) in [6, 6.07) is 12.9. The molecule has 0 bridgehead atoms. The minimum Gasteiger partial charge on any atom is -0.296 e. The van der Waals surface area contributed by atoms with Crippen LogP contribution in [0.15, 0.2) is 54.4 Å². The first-order valence-corrected chi connectivity index (χ1v) is 10.1. The molecule has 6 heteroatoms. The second-order valence-corrected chi connectivity index (χ2v) is 7.92. The number of hydrogen-bond donors (Lipinski definition) is 0. The minimum absolute atomic E-state index is 0.386. The van der Waals surface area contributed by atoms with Gasteiger partial charge >= 0.3 is 0 Å². The Bertz CT molecular complexity index is 967. The maximum absolute atomic E-state index is 5.74. The lowest BCUT2D eigenvalue weighted by Gasteiger charge is -2.33. The Morgan fingerprint density at radius 1 is 1.31 bits per heavy atom. The second kappa shape index (κ2) is 7.31. The molecule has 0 aliphatic carbocycles. The van der Waals surface area contributed by atoms with Gasteiger partial charge < -0.3 is 0 Å². The monoisotopic (exact) mass is 382 g/mol. The van der Waals surface area contributed by atoms with Gasteiger partial charge in [-0.3, -0.25) is 9.47 Å². The fourth-order valence-electron chi connectivity index (χ4n) is 3.55. The molecule has 4 nitrogen and oxygen atoms in total. The van der Waals surface area contributed by atoms with Crippen molar-refractivity contribution in [1.82, 2.24) is 19.2 Å². The Labute approximate surface area is 163 Å². The molecule has 0 fully saturated rings. The van der Waals surface area contributed by atoms with E-state index in [9.17, 15) is 0 Å². The molecular weight excluding hydrogens is 360 g/mol. The van der Waals surface area contributed by atoms with Crippen LogP contribution in [0.3, 0.4) is 0 Å². The van der Waals surface area contributed by atoms with Crippen molar-refractivity contribution < 1.29 is 0 Å². The third kappa shape index (κ3) is 3.09. The van der Waals surface area contributed by atoms with Crippen LogP contribution < -0.4 is 0 Å². The van der Waals surface area contributed by atoms with Crippen molar-refractivity contribution in [3.63, 3.8) is 0 Å². The molecule has 0 spiro atoms. The zero-order valence-corrected chi connectivity index (χ0v) is 16.5. The van der Waals surface area contributed by atoms with Crippen LogP contribution in [0.25, 0.3) is 11.4 Å². The SMILES string of the molecule is C=CCn1c(-c2ccccc2)nn(CN2CCc3sccc3[C@@H]2C)c1=S. The summed E-state index contributed by atoms with van der Waals surface area (Å²) in [5.74, 6) is 0.899. The highest BCUT2D eigenvalue weighted by Gasteiger charge is 2.25. The van der Waals surface area contributed by atoms with Gasteiger partial charge in [-0.05, 0) is 42.6 Å². The molecule has 0 saturated heterocycles. The van der Waals surface area contributed by atoms with E-state index in [4.69, 9.17) is 17.3 Å². The van der Waals surface area contributed by atoms with Gasteiger partial charge in [0.05, 0.1) is 6.67 Å². The van der Waals surface area contributed by atoms with E-state index in [2.05, 4.69) is 46.5 Å². The zero-order valence-electron chi connectivity index (χ0n) is 14.8. The molecule has 4 rings (SSSR count). The van der Waals surface area contributed by atoms with Crippen molar-refractivity contribution in [2.75, 3.05) is 6.54 Å². The summed E-state index contributed by atoms with van der Waals surface area (Å²) in [4.78, 5) is 3.96. The number of hydrogen-bond acceptors (Lipinski definition) is 4. The average molecular weight is 383 g/mol. The first-order valence-electron chi connectivity index (χ1n) is 8.83. The topological polar surface area (TPSA) is 26.0 Å². The number of nitrogens with zero attached hydrogens (tertiary/aromatic N) is 4. The Morgan fingerprint density at radius 3 is 2.88 bits per heavy atom. The molecule has 0 unspecified atom stereocenters. The van der Waals surface area contributed by atoms with E-state index in [1.807, 2.05) is 40.3 Å². The quantitative estimate of drug-likeness (QED) is 0.463. The van der Waals surface area contributed by atoms with E-state index in [1.54, 1.807) is 0 Å². The number of thiophene rings is 1. The third-order valence-corrected chi connectivity index (χ3v) is 6.41. The third-order valence-electron chi connectivity index (χ3n) is 4.99. The number of allylic oxidation sites excluding steroid dienone is 1. The molecule has 26 heavy (non-hydrogen) atoms. The van der Waals surface area contributed by atoms with E-state index >= 15 is 0 Å². The smallest absolute Gasteiger partial charge is 0.199 e. The molecule has 1 atom stereocenters. The zero-order chi connectivity index (χ0) is 18.1. The number of aromatic nitrogens is 3. The van der Waals surface area contributed by atoms with E-state index in [-0.39, 0.29) is 0 Å². The van der Waals surface area contributed by atoms with Crippen LogP contribution in [0.5, 0.6) is 0 Å². The van der Waals surface area contributed by atoms with E-state index < -0.39 is 0 Å². The second-order valence-electron chi connectivity index (χ2n) is 6.55. The predicted molar refractivity (Wildman–Crippen MR) is 110 cm³/mol. The summed E-state index contributed by atoms with van der Waals surface area (Å²) in [7, 11) is 0. The normalized spacial score (nSPS) is 17.2. The van der Waals surface area contributed by atoms with Crippen LogP contribution in [-0.4, -0.2) is 25.8 Å². The maximum Gasteiger partial charge on any atom is 0.199 e. The van der Waals surface area contributed by atoms with Crippen molar-refractivity contribution in [3.8, 4) is 11.4 Å². The Balaban J connectivity index is 1.67. The van der Waals surface area contributed by atoms with Crippen LogP contribution in [0.2, 0.25) is 0 Å². The van der Waals surface area contributed by atoms with Crippen molar-refractivity contribution >= 4 is 23.6 Å². The highest BCUT2D eigenvalue weighted by molar-refractivity contribution is 7.71. The minimum atomic E-state index is 0.386. The molecule has 0 N–H and O–H groups in total. The molecular formula is C20H22N4S2. The molecule has 1 aromatic carbocycles. The van der Waals surface area contributed by atoms with Crippen LogP contribution in [0.4, 0.5) is 0 Å². The van der Waals surface area contributed by atoms with Crippen LogP contribution >= 0.6 is 23.6 Å². The Hall–Kier alpha value is -2.02. The van der Waals surface area contributed by atoms with Gasteiger partial charge in [0, 0.05) is 29.6 Å². The Kier molecular flexibility index (Phi) is 4.89. The highest BCUT2D eigenvalue weighted by atomic mass is 32.1. The van der Waals surface area contributed by atoms with E-state index in [0.29, 0.717) is 19.3 Å². The summed E-state index contributed by atoms with van der Waals surface area (Å²) in [6.45, 7) is 8.55. The van der Waals surface area contributed by atoms with Gasteiger partial charge in [0.1, 0.15) is 0 Å². The number of rotatable bonds is 5. The van der Waals surface area contributed by atoms with Crippen molar-refractivity contribution in [1.29, 1.82) is 0 Å². The molecule has 3 heterocycles. The van der Waals surface area contributed by atoms with Gasteiger partial charge in [-0.2, -0.15) is 5.10 Å². The molecule has 1 aliphatic rings. The summed E-state index contributed by atoms with van der Waals surface area (Å²) in [5, 5.41) is 7.06. The lowest BCUT2D eigenvalue weighted by Crippen LogP contribution is -2.35. The van der Waals surface area contributed by atoms with Crippen molar-refractivity contribution in [3.05, 3.63) is 69.6 Å². The lowest BCUT2D eigenvalue weighted by molar-refractivity contribution is 0.144. The van der Waals surface area contributed by atoms with Gasteiger partial charge in [-0.1, -0.05) is 36.4 Å². The van der Waals surface area contributed by atoms with Crippen LogP contribution in [0, 0.1) is 4.77 Å². The summed E-state index contributed by atoms with van der Waals surface area (Å²) in [5.41, 5.74) is 2.52. The molecule has 0 amide bonds.